The number of imidazole rings is 1. The van der Waals surface area contributed by atoms with E-state index in [2.05, 4.69) is 26.5 Å². The first kappa shape index (κ1) is 18.5. The second-order valence-electron chi connectivity index (χ2n) is 8.73. The Morgan fingerprint density at radius 1 is 1.00 bits per heavy atom. The number of pyridine rings is 1. The van der Waals surface area contributed by atoms with Crippen molar-refractivity contribution in [1.29, 1.82) is 0 Å². The number of benzene rings is 3. The molecule has 0 aliphatic heterocycles. The van der Waals surface area contributed by atoms with E-state index in [1.165, 1.54) is 0 Å². The first-order valence-corrected chi connectivity index (χ1v) is 10.0. The number of quaternary nitrogens is 1. The van der Waals surface area contributed by atoms with Gasteiger partial charge in [0.15, 0.2) is 0 Å². The number of hydrogen-bond donors (Lipinski definition) is 1. The predicted octanol–water partition coefficient (Wildman–Crippen LogP) is 3.03. The summed E-state index contributed by atoms with van der Waals surface area (Å²) in [6, 6.07) is 17.1. The Bertz CT molecular complexity index is 1490. The molecule has 0 spiro atoms. The van der Waals surface area contributed by atoms with Crippen LogP contribution >= 0.6 is 0 Å². The standard InChI is InChI=1S/C24H22N4O2/c1-28(2,3)14-13-25-23(29)18-11-6-12-19-21(18)26-22-16-9-4-7-15-8-5-10-17(20(15)16)24(30)27(19)22/h4-12H,13-14H2,1-3H3/p+1. The van der Waals surface area contributed by atoms with Gasteiger partial charge in [-0.15, -0.1) is 0 Å². The second kappa shape index (κ2) is 6.50. The van der Waals surface area contributed by atoms with E-state index < -0.39 is 0 Å². The summed E-state index contributed by atoms with van der Waals surface area (Å²) in [5, 5.41) is 6.49. The lowest BCUT2D eigenvalue weighted by molar-refractivity contribution is -0.869. The lowest BCUT2D eigenvalue weighted by Crippen LogP contribution is -2.41. The largest absolute Gasteiger partial charge is 0.346 e. The van der Waals surface area contributed by atoms with E-state index >= 15 is 0 Å². The highest BCUT2D eigenvalue weighted by molar-refractivity contribution is 6.16. The van der Waals surface area contributed by atoms with Crippen LogP contribution in [0.3, 0.4) is 0 Å². The summed E-state index contributed by atoms with van der Waals surface area (Å²) in [5.74, 6) is -0.173. The van der Waals surface area contributed by atoms with Gasteiger partial charge in [-0.3, -0.25) is 14.0 Å². The molecule has 2 heterocycles. The van der Waals surface area contributed by atoms with E-state index in [1.54, 1.807) is 16.5 Å². The average molecular weight is 399 g/mol. The van der Waals surface area contributed by atoms with Gasteiger partial charge in [0.1, 0.15) is 11.2 Å². The number of hydrogen-bond acceptors (Lipinski definition) is 3. The Labute approximate surface area is 173 Å². The zero-order chi connectivity index (χ0) is 21.0. The number of nitrogens with one attached hydrogen (secondary N) is 1. The molecule has 0 radical (unpaired) electrons. The van der Waals surface area contributed by atoms with Crippen molar-refractivity contribution in [2.24, 2.45) is 0 Å². The van der Waals surface area contributed by atoms with Crippen molar-refractivity contribution in [2.45, 2.75) is 0 Å². The molecule has 3 aromatic carbocycles. The van der Waals surface area contributed by atoms with Crippen molar-refractivity contribution in [3.63, 3.8) is 0 Å². The molecule has 0 saturated heterocycles. The number of aromatic nitrogens is 2. The maximum atomic E-state index is 13.4. The van der Waals surface area contributed by atoms with Crippen molar-refractivity contribution < 1.29 is 9.28 Å². The van der Waals surface area contributed by atoms with Crippen LogP contribution < -0.4 is 10.9 Å². The SMILES string of the molecule is C[N+](C)(C)CCNC(=O)c1cccc2c1nc1c3cccc4cccc(c(=O)n21)c43. The quantitative estimate of drug-likeness (QED) is 0.473. The van der Waals surface area contributed by atoms with Crippen molar-refractivity contribution in [3.8, 4) is 0 Å². The molecule has 2 aromatic heterocycles. The van der Waals surface area contributed by atoms with Crippen LogP contribution in [-0.2, 0) is 0 Å². The summed E-state index contributed by atoms with van der Waals surface area (Å²) in [4.78, 5) is 31.0. The summed E-state index contributed by atoms with van der Waals surface area (Å²) < 4.78 is 2.40. The fourth-order valence-electron chi connectivity index (χ4n) is 4.09. The maximum Gasteiger partial charge on any atom is 0.264 e. The molecule has 0 aliphatic rings. The van der Waals surface area contributed by atoms with Crippen LogP contribution in [0.1, 0.15) is 10.4 Å². The van der Waals surface area contributed by atoms with E-state index in [9.17, 15) is 9.59 Å². The zero-order valence-corrected chi connectivity index (χ0v) is 17.3. The van der Waals surface area contributed by atoms with Gasteiger partial charge in [-0.2, -0.15) is 0 Å². The minimum absolute atomic E-state index is 0.112. The molecule has 0 atom stereocenters. The van der Waals surface area contributed by atoms with Crippen molar-refractivity contribution in [2.75, 3.05) is 34.2 Å². The fraction of sp³-hybridized carbons (Fsp3) is 0.208. The highest BCUT2D eigenvalue weighted by Crippen LogP contribution is 2.30. The van der Waals surface area contributed by atoms with Gasteiger partial charge in [0, 0.05) is 16.2 Å². The Hall–Kier alpha value is -3.51. The van der Waals surface area contributed by atoms with Gasteiger partial charge < -0.3 is 9.80 Å². The molecular formula is C24H23N4O2+. The minimum atomic E-state index is -0.173. The smallest absolute Gasteiger partial charge is 0.264 e. The third-order valence-corrected chi connectivity index (χ3v) is 5.58. The molecule has 5 rings (SSSR count). The number of para-hydroxylation sites is 1. The van der Waals surface area contributed by atoms with Crippen molar-refractivity contribution in [1.82, 2.24) is 14.7 Å². The van der Waals surface area contributed by atoms with E-state index in [1.807, 2.05) is 42.5 Å². The topological polar surface area (TPSA) is 63.5 Å². The van der Waals surface area contributed by atoms with Crippen molar-refractivity contribution >= 4 is 44.1 Å². The third-order valence-electron chi connectivity index (χ3n) is 5.58. The fourth-order valence-corrected chi connectivity index (χ4v) is 4.09. The molecular weight excluding hydrogens is 376 g/mol. The predicted molar refractivity (Wildman–Crippen MR) is 120 cm³/mol. The summed E-state index contributed by atoms with van der Waals surface area (Å²) in [6.45, 7) is 1.38. The Morgan fingerprint density at radius 2 is 1.70 bits per heavy atom. The first-order chi connectivity index (χ1) is 14.3. The van der Waals surface area contributed by atoms with Crippen LogP contribution in [0, 0.1) is 0 Å². The highest BCUT2D eigenvalue weighted by Gasteiger charge is 2.19. The summed E-state index contributed by atoms with van der Waals surface area (Å²) in [7, 11) is 6.25. The number of nitrogens with zero attached hydrogens (tertiary/aromatic N) is 3. The minimum Gasteiger partial charge on any atom is -0.346 e. The number of fused-ring (bicyclic) bond motifs is 4. The van der Waals surface area contributed by atoms with E-state index in [4.69, 9.17) is 4.98 Å². The molecule has 6 nitrogen and oxygen atoms in total. The molecule has 150 valence electrons. The molecule has 0 bridgehead atoms. The van der Waals surface area contributed by atoms with E-state index in [0.29, 0.717) is 34.2 Å². The molecule has 1 amide bonds. The van der Waals surface area contributed by atoms with Crippen LogP contribution in [0.5, 0.6) is 0 Å². The highest BCUT2D eigenvalue weighted by atomic mass is 16.1. The zero-order valence-electron chi connectivity index (χ0n) is 17.3. The maximum absolute atomic E-state index is 13.4. The van der Waals surface area contributed by atoms with Gasteiger partial charge in [0.2, 0.25) is 0 Å². The average Bonchev–Trinajstić information content (AvgIpc) is 3.11. The number of carbonyl (C=O) groups is 1. The van der Waals surface area contributed by atoms with Gasteiger partial charge in [-0.1, -0.05) is 36.4 Å². The summed E-state index contributed by atoms with van der Waals surface area (Å²) in [5.41, 5.74) is 2.17. The second-order valence-corrected chi connectivity index (χ2v) is 8.73. The lowest BCUT2D eigenvalue weighted by Gasteiger charge is -2.23. The van der Waals surface area contributed by atoms with Gasteiger partial charge >= 0.3 is 0 Å². The van der Waals surface area contributed by atoms with Crippen LogP contribution in [-0.4, -0.2) is 54.0 Å². The normalized spacial score (nSPS) is 12.4. The number of rotatable bonds is 4. The third kappa shape index (κ3) is 2.80. The molecule has 1 N–H and O–H groups in total. The summed E-state index contributed by atoms with van der Waals surface area (Å²) >= 11 is 0. The molecule has 0 unspecified atom stereocenters. The molecule has 0 saturated carbocycles. The first-order valence-electron chi connectivity index (χ1n) is 10.0. The number of amides is 1. The molecule has 0 fully saturated rings. The van der Waals surface area contributed by atoms with Gasteiger partial charge in [-0.05, 0) is 23.6 Å². The molecule has 6 heteroatoms. The Balaban J connectivity index is 1.74. The van der Waals surface area contributed by atoms with Crippen molar-refractivity contribution in [3.05, 3.63) is 70.5 Å². The molecule has 5 aromatic rings. The van der Waals surface area contributed by atoms with Gasteiger partial charge in [-0.25, -0.2) is 4.98 Å². The number of likely N-dealkylation sites (N-methyl/N-ethyl adjacent to an activating group) is 1. The number of carbonyl (C=O) groups excluding carboxylic acids is 1. The Kier molecular flexibility index (Phi) is 4.01. The monoisotopic (exact) mass is 399 g/mol. The van der Waals surface area contributed by atoms with Crippen LogP contribution in [0.25, 0.3) is 38.2 Å². The Morgan fingerprint density at radius 3 is 2.43 bits per heavy atom. The van der Waals surface area contributed by atoms with Gasteiger partial charge in [0.25, 0.3) is 11.5 Å². The van der Waals surface area contributed by atoms with E-state index in [0.717, 1.165) is 27.2 Å². The molecule has 0 aliphatic carbocycles. The van der Waals surface area contributed by atoms with Crippen LogP contribution in [0.15, 0.2) is 59.4 Å². The van der Waals surface area contributed by atoms with Crippen LogP contribution in [0.2, 0.25) is 0 Å². The van der Waals surface area contributed by atoms with Crippen LogP contribution in [0.4, 0.5) is 0 Å². The summed E-state index contributed by atoms with van der Waals surface area (Å²) in [6.07, 6.45) is 0. The molecule has 30 heavy (non-hydrogen) atoms. The van der Waals surface area contributed by atoms with E-state index in [-0.39, 0.29) is 11.5 Å². The van der Waals surface area contributed by atoms with Gasteiger partial charge in [0.05, 0.1) is 45.3 Å². The lowest BCUT2D eigenvalue weighted by atomic mass is 10.0.